The van der Waals surface area contributed by atoms with Crippen LogP contribution in [-0.4, -0.2) is 38.1 Å². The number of nitrogens with zero attached hydrogens (tertiary/aromatic N) is 1. The van der Waals surface area contributed by atoms with Crippen molar-refractivity contribution < 1.29 is 9.53 Å². The first-order valence-electron chi connectivity index (χ1n) is 7.90. The van der Waals surface area contributed by atoms with Gasteiger partial charge >= 0.3 is 0 Å². The lowest BCUT2D eigenvalue weighted by Crippen LogP contribution is -2.35. The number of carbonyl (C=O) groups excluding carboxylic acids is 1. The highest BCUT2D eigenvalue weighted by molar-refractivity contribution is 6.30. The van der Waals surface area contributed by atoms with Crippen molar-refractivity contribution >= 4 is 17.5 Å². The molecule has 0 heterocycles. The van der Waals surface area contributed by atoms with Crippen LogP contribution in [0.1, 0.15) is 11.1 Å². The van der Waals surface area contributed by atoms with Gasteiger partial charge in [-0.15, -0.1) is 0 Å². The quantitative estimate of drug-likeness (QED) is 0.798. The molecule has 1 N–H and O–H groups in total. The molecule has 128 valence electrons. The van der Waals surface area contributed by atoms with Crippen LogP contribution >= 0.6 is 11.6 Å². The summed E-state index contributed by atoms with van der Waals surface area (Å²) in [5.74, 6) is 0.868. The van der Waals surface area contributed by atoms with Gasteiger partial charge in [0.1, 0.15) is 5.75 Å². The highest BCUT2D eigenvalue weighted by Gasteiger charge is 2.08. The van der Waals surface area contributed by atoms with Crippen LogP contribution in [0.5, 0.6) is 5.75 Å². The van der Waals surface area contributed by atoms with Crippen LogP contribution in [0.4, 0.5) is 0 Å². The summed E-state index contributed by atoms with van der Waals surface area (Å²) in [4.78, 5) is 14.0. The molecule has 0 aromatic heterocycles. The number of amides is 1. The number of nitrogens with one attached hydrogen (secondary N) is 1. The van der Waals surface area contributed by atoms with E-state index in [0.717, 1.165) is 28.3 Å². The topological polar surface area (TPSA) is 41.6 Å². The highest BCUT2D eigenvalue weighted by atomic mass is 35.5. The summed E-state index contributed by atoms with van der Waals surface area (Å²) in [6.45, 7) is 1.65. The van der Waals surface area contributed by atoms with Gasteiger partial charge in [0.15, 0.2) is 0 Å². The molecule has 0 radical (unpaired) electrons. The van der Waals surface area contributed by atoms with E-state index in [4.69, 9.17) is 16.3 Å². The number of ether oxygens (including phenoxy) is 1. The third-order valence-electron chi connectivity index (χ3n) is 3.69. The summed E-state index contributed by atoms with van der Waals surface area (Å²) in [6, 6.07) is 15.5. The van der Waals surface area contributed by atoms with Gasteiger partial charge in [-0.1, -0.05) is 41.9 Å². The van der Waals surface area contributed by atoms with Crippen LogP contribution in [0.3, 0.4) is 0 Å². The Hall–Kier alpha value is -2.04. The van der Waals surface area contributed by atoms with Crippen molar-refractivity contribution in [1.82, 2.24) is 10.2 Å². The van der Waals surface area contributed by atoms with Gasteiger partial charge in [-0.05, 0) is 42.8 Å². The molecule has 1 amide bonds. The van der Waals surface area contributed by atoms with Crippen molar-refractivity contribution in [1.29, 1.82) is 0 Å². The Bertz CT molecular complexity index is 659. The average molecular weight is 347 g/mol. The van der Waals surface area contributed by atoms with Crippen molar-refractivity contribution in [3.8, 4) is 5.75 Å². The third-order valence-corrected chi connectivity index (χ3v) is 3.94. The van der Waals surface area contributed by atoms with Crippen LogP contribution in [0.2, 0.25) is 5.02 Å². The predicted molar refractivity (Wildman–Crippen MR) is 97.5 cm³/mol. The molecule has 24 heavy (non-hydrogen) atoms. The van der Waals surface area contributed by atoms with Gasteiger partial charge in [0.2, 0.25) is 5.91 Å². The van der Waals surface area contributed by atoms with Crippen LogP contribution in [0, 0.1) is 0 Å². The minimum absolute atomic E-state index is 0.0151. The second-order valence-electron chi connectivity index (χ2n) is 5.71. The summed E-state index contributed by atoms with van der Waals surface area (Å²) >= 11 is 5.88. The van der Waals surface area contributed by atoms with Gasteiger partial charge in [-0.25, -0.2) is 0 Å². The number of halogens is 1. The van der Waals surface area contributed by atoms with Crippen molar-refractivity contribution in [2.24, 2.45) is 0 Å². The van der Waals surface area contributed by atoms with E-state index in [9.17, 15) is 4.79 Å². The Morgan fingerprint density at radius 2 is 1.88 bits per heavy atom. The fourth-order valence-electron chi connectivity index (χ4n) is 2.50. The Morgan fingerprint density at radius 1 is 1.17 bits per heavy atom. The zero-order valence-corrected chi connectivity index (χ0v) is 14.8. The first-order valence-corrected chi connectivity index (χ1v) is 8.28. The van der Waals surface area contributed by atoms with Gasteiger partial charge in [-0.2, -0.15) is 0 Å². The number of hydrogen-bond donors (Lipinski definition) is 1. The number of hydrogen-bond acceptors (Lipinski definition) is 3. The van der Waals surface area contributed by atoms with Gasteiger partial charge < -0.3 is 10.1 Å². The minimum atomic E-state index is 0.0151. The average Bonchev–Trinajstić information content (AvgIpc) is 2.57. The zero-order valence-electron chi connectivity index (χ0n) is 14.1. The molecule has 0 saturated carbocycles. The molecule has 0 spiro atoms. The molecule has 4 nitrogen and oxygen atoms in total. The lowest BCUT2D eigenvalue weighted by Gasteiger charge is -2.16. The van der Waals surface area contributed by atoms with E-state index in [1.165, 1.54) is 0 Å². The number of likely N-dealkylation sites (N-methyl/N-ethyl adjacent to an activating group) is 1. The molecule has 5 heteroatoms. The van der Waals surface area contributed by atoms with Crippen molar-refractivity contribution in [3.63, 3.8) is 0 Å². The molecule has 0 unspecified atom stereocenters. The number of rotatable bonds is 8. The van der Waals surface area contributed by atoms with Crippen LogP contribution in [0.25, 0.3) is 0 Å². The number of carbonyl (C=O) groups is 1. The first-order chi connectivity index (χ1) is 11.6. The number of para-hydroxylation sites is 1. The summed E-state index contributed by atoms with van der Waals surface area (Å²) in [5, 5.41) is 3.67. The second-order valence-corrected chi connectivity index (χ2v) is 6.15. The fourth-order valence-corrected chi connectivity index (χ4v) is 2.63. The Kier molecular flexibility index (Phi) is 7.09. The lowest BCUT2D eigenvalue weighted by atomic mass is 10.1. The Balaban J connectivity index is 1.73. The maximum Gasteiger partial charge on any atom is 0.234 e. The molecule has 0 aliphatic carbocycles. The maximum atomic E-state index is 12.0. The normalized spacial score (nSPS) is 10.7. The van der Waals surface area contributed by atoms with E-state index in [-0.39, 0.29) is 5.91 Å². The summed E-state index contributed by atoms with van der Waals surface area (Å²) < 4.78 is 5.31. The van der Waals surface area contributed by atoms with E-state index < -0.39 is 0 Å². The van der Waals surface area contributed by atoms with E-state index >= 15 is 0 Å². The standard InChI is InChI=1S/C19H23ClN2O2/c1-22(13-15-7-9-17(20)10-8-15)14-19(23)21-12-11-16-5-3-4-6-18(16)24-2/h3-10H,11-14H2,1-2H3,(H,21,23). The van der Waals surface area contributed by atoms with E-state index in [1.54, 1.807) is 7.11 Å². The Morgan fingerprint density at radius 3 is 2.58 bits per heavy atom. The summed E-state index contributed by atoms with van der Waals surface area (Å²) in [5.41, 5.74) is 2.22. The molecule has 0 saturated heterocycles. The lowest BCUT2D eigenvalue weighted by molar-refractivity contribution is -0.122. The Labute approximate surface area is 148 Å². The first kappa shape index (κ1) is 18.3. The number of benzene rings is 2. The highest BCUT2D eigenvalue weighted by Crippen LogP contribution is 2.17. The van der Waals surface area contributed by atoms with Crippen LogP contribution in [0.15, 0.2) is 48.5 Å². The largest absolute Gasteiger partial charge is 0.496 e. The molecule has 0 bridgehead atoms. The molecular weight excluding hydrogens is 324 g/mol. The monoisotopic (exact) mass is 346 g/mol. The molecule has 0 aliphatic rings. The van der Waals surface area contributed by atoms with Gasteiger partial charge in [0.05, 0.1) is 13.7 Å². The van der Waals surface area contributed by atoms with Crippen LogP contribution in [-0.2, 0) is 17.8 Å². The van der Waals surface area contributed by atoms with Crippen molar-refractivity contribution in [3.05, 3.63) is 64.7 Å². The van der Waals surface area contributed by atoms with Crippen molar-refractivity contribution in [2.75, 3.05) is 27.2 Å². The van der Waals surface area contributed by atoms with Crippen LogP contribution < -0.4 is 10.1 Å². The van der Waals surface area contributed by atoms with E-state index in [1.807, 2.05) is 60.5 Å². The molecular formula is C19H23ClN2O2. The van der Waals surface area contributed by atoms with E-state index in [2.05, 4.69) is 5.32 Å². The third kappa shape index (κ3) is 5.87. The smallest absolute Gasteiger partial charge is 0.234 e. The van der Waals surface area contributed by atoms with Gasteiger partial charge in [-0.3, -0.25) is 9.69 Å². The molecule has 0 atom stereocenters. The summed E-state index contributed by atoms with van der Waals surface area (Å²) in [6.07, 6.45) is 0.747. The molecule has 2 rings (SSSR count). The van der Waals surface area contributed by atoms with Gasteiger partial charge in [0, 0.05) is 18.1 Å². The minimum Gasteiger partial charge on any atom is -0.496 e. The SMILES string of the molecule is COc1ccccc1CCNC(=O)CN(C)Cc1ccc(Cl)cc1. The predicted octanol–water partition coefficient (Wildman–Crippen LogP) is 3.14. The molecule has 0 fully saturated rings. The fraction of sp³-hybridized carbons (Fsp3) is 0.316. The second kappa shape index (κ2) is 9.30. The molecule has 2 aromatic carbocycles. The van der Waals surface area contributed by atoms with Crippen molar-refractivity contribution in [2.45, 2.75) is 13.0 Å². The summed E-state index contributed by atoms with van der Waals surface area (Å²) in [7, 11) is 3.58. The maximum absolute atomic E-state index is 12.0. The van der Waals surface area contributed by atoms with Gasteiger partial charge in [0.25, 0.3) is 0 Å². The van der Waals surface area contributed by atoms with E-state index in [0.29, 0.717) is 19.6 Å². The molecule has 0 aliphatic heterocycles. The number of methoxy groups -OCH3 is 1. The zero-order chi connectivity index (χ0) is 17.4. The molecule has 2 aromatic rings.